The molecule has 0 spiro atoms. The van der Waals surface area contributed by atoms with Gasteiger partial charge in [-0.15, -0.1) is 0 Å². The molecule has 2 aromatic carbocycles. The predicted molar refractivity (Wildman–Crippen MR) is 115 cm³/mol. The van der Waals surface area contributed by atoms with Gasteiger partial charge in [0.05, 0.1) is 32.4 Å². The van der Waals surface area contributed by atoms with Crippen LogP contribution in [-0.4, -0.2) is 60.1 Å². The van der Waals surface area contributed by atoms with Crippen LogP contribution in [0.1, 0.15) is 5.56 Å². The highest BCUT2D eigenvalue weighted by atomic mass is 32.2. The number of anilines is 1. The number of nitrogens with one attached hydrogen (secondary N) is 1. The fourth-order valence-electron chi connectivity index (χ4n) is 2.40. The lowest BCUT2D eigenvalue weighted by Gasteiger charge is -2.21. The molecular formula is C20H23N3O7S. The van der Waals surface area contributed by atoms with Crippen molar-refractivity contribution < 1.29 is 32.2 Å². The van der Waals surface area contributed by atoms with Crippen molar-refractivity contribution >= 4 is 33.8 Å². The lowest BCUT2D eigenvalue weighted by Crippen LogP contribution is -2.39. The SMILES string of the molecule is COC(=O)COc1cccc(/C=N\NC(=O)CN(c2cccc(OC)c2)S(C)(=O)=O)c1. The molecule has 0 aliphatic carbocycles. The van der Waals surface area contributed by atoms with Gasteiger partial charge in [-0.25, -0.2) is 18.6 Å². The molecule has 11 heteroatoms. The highest BCUT2D eigenvalue weighted by Crippen LogP contribution is 2.22. The Morgan fingerprint density at radius 3 is 2.48 bits per heavy atom. The zero-order valence-electron chi connectivity index (χ0n) is 17.3. The molecule has 0 aliphatic rings. The topological polar surface area (TPSA) is 124 Å². The van der Waals surface area contributed by atoms with Crippen molar-refractivity contribution in [2.45, 2.75) is 0 Å². The summed E-state index contributed by atoms with van der Waals surface area (Å²) in [6.07, 6.45) is 2.36. The molecule has 10 nitrogen and oxygen atoms in total. The summed E-state index contributed by atoms with van der Waals surface area (Å²) in [7, 11) is -1.01. The monoisotopic (exact) mass is 449 g/mol. The molecule has 0 bridgehead atoms. The Morgan fingerprint density at radius 1 is 1.10 bits per heavy atom. The molecule has 0 saturated heterocycles. The van der Waals surface area contributed by atoms with Crippen molar-refractivity contribution in [3.05, 3.63) is 54.1 Å². The highest BCUT2D eigenvalue weighted by Gasteiger charge is 2.21. The third-order valence-electron chi connectivity index (χ3n) is 3.87. The van der Waals surface area contributed by atoms with Gasteiger partial charge in [0.2, 0.25) is 10.0 Å². The molecule has 1 amide bonds. The molecule has 0 atom stereocenters. The van der Waals surface area contributed by atoms with Crippen molar-refractivity contribution in [3.63, 3.8) is 0 Å². The Labute approximate surface area is 180 Å². The number of methoxy groups -OCH3 is 2. The Bertz CT molecular complexity index is 1050. The van der Waals surface area contributed by atoms with Gasteiger partial charge in [-0.3, -0.25) is 9.10 Å². The summed E-state index contributed by atoms with van der Waals surface area (Å²) in [5.41, 5.74) is 3.17. The number of rotatable bonds is 10. The molecule has 0 heterocycles. The van der Waals surface area contributed by atoms with Gasteiger partial charge in [0.1, 0.15) is 18.0 Å². The molecule has 0 unspecified atom stereocenters. The van der Waals surface area contributed by atoms with Gasteiger partial charge in [0.25, 0.3) is 5.91 Å². The minimum Gasteiger partial charge on any atom is -0.497 e. The molecular weight excluding hydrogens is 426 g/mol. The van der Waals surface area contributed by atoms with Crippen LogP contribution < -0.4 is 19.2 Å². The minimum atomic E-state index is -3.73. The fourth-order valence-corrected chi connectivity index (χ4v) is 3.24. The van der Waals surface area contributed by atoms with E-state index in [4.69, 9.17) is 9.47 Å². The molecule has 0 aliphatic heterocycles. The number of nitrogens with zero attached hydrogens (tertiary/aromatic N) is 2. The van der Waals surface area contributed by atoms with E-state index in [0.717, 1.165) is 10.6 Å². The zero-order chi connectivity index (χ0) is 22.9. The van der Waals surface area contributed by atoms with E-state index in [1.54, 1.807) is 42.5 Å². The van der Waals surface area contributed by atoms with Crippen molar-refractivity contribution in [3.8, 4) is 11.5 Å². The number of carbonyl (C=O) groups excluding carboxylic acids is 2. The fraction of sp³-hybridized carbons (Fsp3) is 0.250. The lowest BCUT2D eigenvalue weighted by molar-refractivity contribution is -0.142. The van der Waals surface area contributed by atoms with Crippen LogP contribution in [0, 0.1) is 0 Å². The normalized spacial score (nSPS) is 11.1. The number of benzene rings is 2. The van der Waals surface area contributed by atoms with Crippen LogP contribution in [0.3, 0.4) is 0 Å². The summed E-state index contributed by atoms with van der Waals surface area (Å²) >= 11 is 0. The van der Waals surface area contributed by atoms with Crippen molar-refractivity contribution in [1.29, 1.82) is 0 Å². The van der Waals surface area contributed by atoms with E-state index >= 15 is 0 Å². The van der Waals surface area contributed by atoms with E-state index in [2.05, 4.69) is 15.3 Å². The summed E-state index contributed by atoms with van der Waals surface area (Å²) < 4.78 is 40.1. The largest absolute Gasteiger partial charge is 0.497 e. The molecule has 2 aromatic rings. The summed E-state index contributed by atoms with van der Waals surface area (Å²) in [6.45, 7) is -0.703. The Kier molecular flexibility index (Phi) is 8.38. The number of sulfonamides is 1. The minimum absolute atomic E-state index is 0.237. The highest BCUT2D eigenvalue weighted by molar-refractivity contribution is 7.92. The Hall–Kier alpha value is -3.60. The molecule has 0 aromatic heterocycles. The van der Waals surface area contributed by atoms with E-state index in [1.165, 1.54) is 26.5 Å². The summed E-state index contributed by atoms with van der Waals surface area (Å²) in [5, 5.41) is 3.84. The van der Waals surface area contributed by atoms with E-state index in [-0.39, 0.29) is 12.3 Å². The molecule has 0 saturated carbocycles. The van der Waals surface area contributed by atoms with E-state index < -0.39 is 28.4 Å². The molecule has 31 heavy (non-hydrogen) atoms. The second-order valence-corrected chi connectivity index (χ2v) is 8.11. The van der Waals surface area contributed by atoms with Crippen LogP contribution in [-0.2, 0) is 24.3 Å². The number of hydrogen-bond donors (Lipinski definition) is 1. The quantitative estimate of drug-likeness (QED) is 0.328. The third kappa shape index (κ3) is 7.63. The zero-order valence-corrected chi connectivity index (χ0v) is 18.1. The molecule has 166 valence electrons. The van der Waals surface area contributed by atoms with E-state index in [0.29, 0.717) is 17.1 Å². The van der Waals surface area contributed by atoms with Crippen LogP contribution in [0.4, 0.5) is 5.69 Å². The van der Waals surface area contributed by atoms with Crippen LogP contribution in [0.15, 0.2) is 53.6 Å². The predicted octanol–water partition coefficient (Wildman–Crippen LogP) is 1.16. The summed E-state index contributed by atoms with van der Waals surface area (Å²) in [5.74, 6) is -0.277. The first-order chi connectivity index (χ1) is 14.7. The summed E-state index contributed by atoms with van der Waals surface area (Å²) in [6, 6.07) is 13.0. The Morgan fingerprint density at radius 2 is 1.81 bits per heavy atom. The van der Waals surface area contributed by atoms with E-state index in [1.807, 2.05) is 0 Å². The van der Waals surface area contributed by atoms with Crippen molar-refractivity contribution in [2.24, 2.45) is 5.10 Å². The maximum absolute atomic E-state index is 12.3. The first kappa shape index (κ1) is 23.7. The van der Waals surface area contributed by atoms with Crippen LogP contribution in [0.25, 0.3) is 0 Å². The maximum Gasteiger partial charge on any atom is 0.343 e. The Balaban J connectivity index is 2.02. The molecule has 1 N–H and O–H groups in total. The number of esters is 1. The smallest absolute Gasteiger partial charge is 0.343 e. The second kappa shape index (κ2) is 11.0. The van der Waals surface area contributed by atoms with Crippen molar-refractivity contribution in [2.75, 3.05) is 37.9 Å². The van der Waals surface area contributed by atoms with Gasteiger partial charge in [-0.05, 0) is 29.8 Å². The number of carbonyl (C=O) groups is 2. The van der Waals surface area contributed by atoms with Gasteiger partial charge >= 0.3 is 5.97 Å². The first-order valence-corrected chi connectivity index (χ1v) is 10.8. The first-order valence-electron chi connectivity index (χ1n) is 8.96. The van der Waals surface area contributed by atoms with Gasteiger partial charge in [0, 0.05) is 6.07 Å². The molecule has 0 radical (unpaired) electrons. The number of hydrazone groups is 1. The van der Waals surface area contributed by atoms with Gasteiger partial charge in [-0.2, -0.15) is 5.10 Å². The summed E-state index contributed by atoms with van der Waals surface area (Å²) in [4.78, 5) is 23.4. The number of ether oxygens (including phenoxy) is 3. The number of amides is 1. The second-order valence-electron chi connectivity index (χ2n) is 6.20. The van der Waals surface area contributed by atoms with E-state index in [9.17, 15) is 18.0 Å². The third-order valence-corrected chi connectivity index (χ3v) is 5.01. The maximum atomic E-state index is 12.3. The van der Waals surface area contributed by atoms with Crippen LogP contribution in [0.2, 0.25) is 0 Å². The van der Waals surface area contributed by atoms with Crippen LogP contribution in [0.5, 0.6) is 11.5 Å². The average molecular weight is 449 g/mol. The van der Waals surface area contributed by atoms with Gasteiger partial charge in [0.15, 0.2) is 6.61 Å². The van der Waals surface area contributed by atoms with Gasteiger partial charge < -0.3 is 14.2 Å². The van der Waals surface area contributed by atoms with Crippen molar-refractivity contribution in [1.82, 2.24) is 5.43 Å². The standard InChI is InChI=1S/C20H23N3O7S/c1-28-17-8-5-7-16(11-17)23(31(3,26)27)13-19(24)22-21-12-15-6-4-9-18(10-15)30-14-20(25)29-2/h4-12H,13-14H2,1-3H3,(H,22,24)/b21-12-. The van der Waals surface area contributed by atoms with Crippen LogP contribution >= 0.6 is 0 Å². The molecule has 2 rings (SSSR count). The average Bonchev–Trinajstić information content (AvgIpc) is 2.75. The van der Waals surface area contributed by atoms with Gasteiger partial charge in [-0.1, -0.05) is 18.2 Å². The molecule has 0 fully saturated rings. The number of hydrogen-bond acceptors (Lipinski definition) is 8. The lowest BCUT2D eigenvalue weighted by atomic mass is 10.2.